The van der Waals surface area contributed by atoms with Gasteiger partial charge in [0.15, 0.2) is 10.9 Å². The second kappa shape index (κ2) is 13.6. The van der Waals surface area contributed by atoms with E-state index in [9.17, 15) is 20.0 Å². The molecule has 7 aromatic rings. The molecule has 1 heterocycles. The third kappa shape index (κ3) is 5.69. The zero-order valence-corrected chi connectivity index (χ0v) is 27.8. The topological polar surface area (TPSA) is 127 Å². The number of aromatic carboxylic acids is 1. The molecule has 0 saturated carbocycles. The number of benzene rings is 6. The third-order valence-electron chi connectivity index (χ3n) is 8.53. The number of halogens is 1. The summed E-state index contributed by atoms with van der Waals surface area (Å²) in [5, 5.41) is 35.7. The summed E-state index contributed by atoms with van der Waals surface area (Å²) in [6.45, 7) is 0. The van der Waals surface area contributed by atoms with E-state index in [4.69, 9.17) is 0 Å². The molecule has 0 fully saturated rings. The lowest BCUT2D eigenvalue weighted by atomic mass is 9.77. The number of hydrazine groups is 1. The fraction of sp³-hybridized carbons (Fsp3) is 0.0256. The predicted octanol–water partition coefficient (Wildman–Crippen LogP) is 8.64. The summed E-state index contributed by atoms with van der Waals surface area (Å²) in [6, 6.07) is 49.0. The molecule has 0 radical (unpaired) electrons. The van der Waals surface area contributed by atoms with Crippen LogP contribution < -0.4 is 5.01 Å². The van der Waals surface area contributed by atoms with Crippen LogP contribution in [0.5, 0.6) is 0 Å². The summed E-state index contributed by atoms with van der Waals surface area (Å²) in [6.07, 6.45) is 0. The largest absolute Gasteiger partial charge is 0.478 e. The summed E-state index contributed by atoms with van der Waals surface area (Å²) in [5.41, 5.74) is 4.10. The Kier molecular flexibility index (Phi) is 8.72. The highest BCUT2D eigenvalue weighted by atomic mass is 79.9. The molecule has 1 aromatic heterocycles. The number of carbonyl (C=O) groups is 1. The van der Waals surface area contributed by atoms with Crippen molar-refractivity contribution in [1.29, 1.82) is 0 Å². The van der Waals surface area contributed by atoms with Crippen LogP contribution in [0.15, 0.2) is 162 Å². The molecule has 11 heteroatoms. The first-order valence-electron chi connectivity index (χ1n) is 15.5. The molecule has 10 nitrogen and oxygen atoms in total. The Hall–Kier alpha value is -6.46. The fourth-order valence-electron chi connectivity index (χ4n) is 6.38. The molecule has 0 bridgehead atoms. The molecule has 50 heavy (non-hydrogen) atoms. The van der Waals surface area contributed by atoms with Gasteiger partial charge in [0.2, 0.25) is 0 Å². The SMILES string of the molecule is O=C(O)c1cc(Br)ccc1N(c1ccc(-c2ccccc2-c2nnnn2C(c2ccccc2)(c2ccccc2)c2ccccc2)cc1)[N+](=O)[O-]. The van der Waals surface area contributed by atoms with Gasteiger partial charge in [-0.05, 0) is 68.6 Å². The van der Waals surface area contributed by atoms with Crippen LogP contribution in [0.1, 0.15) is 27.0 Å². The van der Waals surface area contributed by atoms with E-state index in [2.05, 4.69) is 67.9 Å². The monoisotopic (exact) mass is 722 g/mol. The van der Waals surface area contributed by atoms with E-state index in [0.29, 0.717) is 10.3 Å². The molecule has 0 saturated heterocycles. The van der Waals surface area contributed by atoms with Crippen molar-refractivity contribution in [2.45, 2.75) is 5.54 Å². The van der Waals surface area contributed by atoms with Gasteiger partial charge in [-0.25, -0.2) is 19.6 Å². The molecular formula is C39H27BrN6O4. The Morgan fingerprint density at radius 2 is 1.24 bits per heavy atom. The zero-order valence-electron chi connectivity index (χ0n) is 26.2. The first-order valence-corrected chi connectivity index (χ1v) is 16.3. The second-order valence-corrected chi connectivity index (χ2v) is 12.2. The number of nitro groups is 1. The molecule has 0 aliphatic rings. The van der Waals surface area contributed by atoms with Crippen molar-refractivity contribution < 1.29 is 14.9 Å². The molecule has 0 aliphatic heterocycles. The van der Waals surface area contributed by atoms with E-state index in [-0.39, 0.29) is 16.9 Å². The number of carboxylic acids is 1. The molecule has 0 amide bonds. The van der Waals surface area contributed by atoms with E-state index >= 15 is 0 Å². The molecule has 0 aliphatic carbocycles. The molecule has 0 atom stereocenters. The predicted molar refractivity (Wildman–Crippen MR) is 194 cm³/mol. The van der Waals surface area contributed by atoms with E-state index in [1.807, 2.05) is 83.5 Å². The van der Waals surface area contributed by atoms with Gasteiger partial charge in [0.25, 0.3) is 0 Å². The molecule has 1 N–H and O–H groups in total. The summed E-state index contributed by atoms with van der Waals surface area (Å²) >= 11 is 3.25. The maximum atomic E-state index is 12.3. The highest BCUT2D eigenvalue weighted by Gasteiger charge is 2.42. The van der Waals surface area contributed by atoms with Crippen molar-refractivity contribution in [3.63, 3.8) is 0 Å². The van der Waals surface area contributed by atoms with Gasteiger partial charge >= 0.3 is 5.97 Å². The molecule has 7 rings (SSSR count). The lowest BCUT2D eigenvalue weighted by Crippen LogP contribution is -2.39. The van der Waals surface area contributed by atoms with Crippen molar-refractivity contribution in [3.8, 4) is 22.5 Å². The van der Waals surface area contributed by atoms with E-state index in [1.165, 1.54) is 12.1 Å². The minimum Gasteiger partial charge on any atom is -0.478 e. The normalized spacial score (nSPS) is 11.2. The van der Waals surface area contributed by atoms with Crippen molar-refractivity contribution in [1.82, 2.24) is 20.2 Å². The standard InChI is InChI=1S/C39H27BrN6O4/c40-31-22-25-36(35(26-31)38(47)48)44(46(49)50)32-23-20-27(21-24-32)33-18-10-11-19-34(33)37-41-42-43-45(37)39(28-12-4-1-5-13-28,29-14-6-2-7-15-29)30-16-8-3-9-17-30/h1-26H,(H,47,48). The Morgan fingerprint density at radius 1 is 0.720 bits per heavy atom. The van der Waals surface area contributed by atoms with Crippen LogP contribution in [0, 0.1) is 10.1 Å². The number of nitrogens with zero attached hydrogens (tertiary/aromatic N) is 6. The summed E-state index contributed by atoms with van der Waals surface area (Å²) in [7, 11) is 0. The van der Waals surface area contributed by atoms with Crippen LogP contribution in [0.2, 0.25) is 0 Å². The lowest BCUT2D eigenvalue weighted by Gasteiger charge is -2.36. The van der Waals surface area contributed by atoms with Crippen LogP contribution >= 0.6 is 15.9 Å². The average molecular weight is 724 g/mol. The van der Waals surface area contributed by atoms with Crippen LogP contribution in [-0.4, -0.2) is 36.3 Å². The Balaban J connectivity index is 1.39. The van der Waals surface area contributed by atoms with Gasteiger partial charge < -0.3 is 5.11 Å². The second-order valence-electron chi connectivity index (χ2n) is 11.3. The summed E-state index contributed by atoms with van der Waals surface area (Å²) < 4.78 is 2.35. The molecule has 0 unspecified atom stereocenters. The Labute approximate surface area is 295 Å². The van der Waals surface area contributed by atoms with Gasteiger partial charge in [0.1, 0.15) is 16.9 Å². The molecule has 6 aromatic carbocycles. The number of anilines is 2. The lowest BCUT2D eigenvalue weighted by molar-refractivity contribution is -0.483. The van der Waals surface area contributed by atoms with Gasteiger partial charge in [-0.3, -0.25) is 0 Å². The van der Waals surface area contributed by atoms with Crippen LogP contribution in [0.3, 0.4) is 0 Å². The van der Waals surface area contributed by atoms with E-state index in [1.54, 1.807) is 30.3 Å². The highest BCUT2D eigenvalue weighted by molar-refractivity contribution is 9.10. The van der Waals surface area contributed by atoms with E-state index in [0.717, 1.165) is 38.4 Å². The van der Waals surface area contributed by atoms with Gasteiger partial charge in [-0.2, -0.15) is 0 Å². The maximum absolute atomic E-state index is 12.3. The minimum absolute atomic E-state index is 0.0721. The van der Waals surface area contributed by atoms with Crippen molar-refractivity contribution in [2.24, 2.45) is 0 Å². The van der Waals surface area contributed by atoms with Gasteiger partial charge in [0.05, 0.1) is 5.56 Å². The number of rotatable bonds is 10. The maximum Gasteiger partial charge on any atom is 0.338 e. The zero-order chi connectivity index (χ0) is 34.7. The molecule has 244 valence electrons. The smallest absolute Gasteiger partial charge is 0.338 e. The number of carboxylic acid groups (broad SMARTS) is 1. The first-order chi connectivity index (χ1) is 24.4. The van der Waals surface area contributed by atoms with E-state index < -0.39 is 16.5 Å². The Bertz CT molecular complexity index is 2200. The fourth-order valence-corrected chi connectivity index (χ4v) is 6.74. The third-order valence-corrected chi connectivity index (χ3v) is 9.03. The quantitative estimate of drug-likeness (QED) is 0.0844. The Morgan fingerprint density at radius 3 is 1.76 bits per heavy atom. The van der Waals surface area contributed by atoms with Crippen molar-refractivity contribution in [2.75, 3.05) is 5.01 Å². The summed E-state index contributed by atoms with van der Waals surface area (Å²) in [5.74, 6) is -0.775. The number of hydrogen-bond donors (Lipinski definition) is 1. The van der Waals surface area contributed by atoms with Gasteiger partial charge in [-0.1, -0.05) is 148 Å². The molecular weight excluding hydrogens is 696 g/mol. The van der Waals surface area contributed by atoms with Crippen LogP contribution in [-0.2, 0) is 5.54 Å². The number of hydrogen-bond acceptors (Lipinski definition) is 6. The molecule has 0 spiro atoms. The van der Waals surface area contributed by atoms with Crippen LogP contribution in [0.4, 0.5) is 11.4 Å². The highest BCUT2D eigenvalue weighted by Crippen LogP contribution is 2.43. The average Bonchev–Trinajstić information content (AvgIpc) is 3.64. The first kappa shape index (κ1) is 32.1. The van der Waals surface area contributed by atoms with Crippen molar-refractivity contribution >= 4 is 33.3 Å². The minimum atomic E-state index is -1.28. The van der Waals surface area contributed by atoms with Gasteiger partial charge in [-0.15, -0.1) is 5.10 Å². The van der Waals surface area contributed by atoms with Crippen LogP contribution in [0.25, 0.3) is 22.5 Å². The van der Waals surface area contributed by atoms with Gasteiger partial charge in [0, 0.05) is 10.0 Å². The summed E-state index contributed by atoms with van der Waals surface area (Å²) in [4.78, 5) is 24.3. The van der Waals surface area contributed by atoms with Crippen molar-refractivity contribution in [3.05, 3.63) is 195 Å². The number of aromatic nitrogens is 4. The number of tetrazole rings is 1.